The molecule has 0 aliphatic heterocycles. The predicted octanol–water partition coefficient (Wildman–Crippen LogP) is 4.07. The van der Waals surface area contributed by atoms with Gasteiger partial charge in [0.25, 0.3) is 0 Å². The van der Waals surface area contributed by atoms with Gasteiger partial charge in [-0.05, 0) is 29.7 Å². The number of hydrogen-bond donors (Lipinski definition) is 2. The van der Waals surface area contributed by atoms with Gasteiger partial charge < -0.3 is 10.6 Å². The molecular formula is C20H25ClN6S. The van der Waals surface area contributed by atoms with E-state index in [2.05, 4.69) is 44.9 Å². The lowest BCUT2D eigenvalue weighted by molar-refractivity contribution is 0.510. The summed E-state index contributed by atoms with van der Waals surface area (Å²) in [6.07, 6.45) is 3.74. The molecule has 0 radical (unpaired) electrons. The third-order valence-corrected chi connectivity index (χ3v) is 5.47. The largest absolute Gasteiger partial charge is 0.354 e. The van der Waals surface area contributed by atoms with Crippen LogP contribution in [0.3, 0.4) is 0 Å². The van der Waals surface area contributed by atoms with E-state index in [-0.39, 0.29) is 6.04 Å². The zero-order chi connectivity index (χ0) is 19.9. The molecule has 0 fully saturated rings. The van der Waals surface area contributed by atoms with Crippen molar-refractivity contribution in [2.45, 2.75) is 32.4 Å². The van der Waals surface area contributed by atoms with E-state index >= 15 is 0 Å². The van der Waals surface area contributed by atoms with Crippen LogP contribution in [0.5, 0.6) is 0 Å². The van der Waals surface area contributed by atoms with Crippen LogP contribution >= 0.6 is 22.9 Å². The molecule has 0 bridgehead atoms. The lowest BCUT2D eigenvalue weighted by Crippen LogP contribution is -2.40. The van der Waals surface area contributed by atoms with Crippen molar-refractivity contribution in [3.63, 3.8) is 0 Å². The summed E-state index contributed by atoms with van der Waals surface area (Å²) in [5.41, 5.74) is 2.25. The number of guanidine groups is 1. The molecule has 8 heteroatoms. The Morgan fingerprint density at radius 3 is 2.64 bits per heavy atom. The fraction of sp³-hybridized carbons (Fsp3) is 0.350. The highest BCUT2D eigenvalue weighted by molar-refractivity contribution is 7.09. The van der Waals surface area contributed by atoms with E-state index in [4.69, 9.17) is 11.6 Å². The molecule has 2 N–H and O–H groups in total. The third-order valence-electron chi connectivity index (χ3n) is 4.35. The first-order chi connectivity index (χ1) is 13.6. The van der Waals surface area contributed by atoms with Crippen LogP contribution in [0, 0.1) is 0 Å². The fourth-order valence-electron chi connectivity index (χ4n) is 2.76. The van der Waals surface area contributed by atoms with Gasteiger partial charge in [0.1, 0.15) is 5.01 Å². The minimum Gasteiger partial charge on any atom is -0.354 e. The number of aromatic nitrogens is 3. The van der Waals surface area contributed by atoms with Gasteiger partial charge in [-0.25, -0.2) is 4.98 Å². The molecule has 1 aromatic carbocycles. The number of thiazole rings is 1. The van der Waals surface area contributed by atoms with Crippen molar-refractivity contribution in [3.8, 4) is 0 Å². The SMILES string of the molecule is CN=C(NCc1nc(C(C)C)cs1)NCC(c1ccc(Cl)cc1)n1cccn1. The molecule has 28 heavy (non-hydrogen) atoms. The second-order valence-corrected chi connectivity index (χ2v) is 8.06. The van der Waals surface area contributed by atoms with Crippen LogP contribution < -0.4 is 10.6 Å². The van der Waals surface area contributed by atoms with Gasteiger partial charge in [-0.1, -0.05) is 37.6 Å². The maximum Gasteiger partial charge on any atom is 0.191 e. The number of nitrogens with one attached hydrogen (secondary N) is 2. The highest BCUT2D eigenvalue weighted by Crippen LogP contribution is 2.20. The summed E-state index contributed by atoms with van der Waals surface area (Å²) < 4.78 is 1.93. The summed E-state index contributed by atoms with van der Waals surface area (Å²) in [5, 5.41) is 15.0. The normalized spacial score (nSPS) is 13.0. The van der Waals surface area contributed by atoms with Gasteiger partial charge in [-0.2, -0.15) is 5.10 Å². The second kappa shape index (κ2) is 9.71. The Hall–Kier alpha value is -2.38. The molecule has 1 unspecified atom stereocenters. The number of rotatable bonds is 7. The highest BCUT2D eigenvalue weighted by atomic mass is 35.5. The van der Waals surface area contributed by atoms with E-state index < -0.39 is 0 Å². The highest BCUT2D eigenvalue weighted by Gasteiger charge is 2.15. The third kappa shape index (κ3) is 5.33. The maximum absolute atomic E-state index is 6.04. The maximum atomic E-state index is 6.04. The molecule has 6 nitrogen and oxygen atoms in total. The molecule has 0 saturated heterocycles. The van der Waals surface area contributed by atoms with Crippen molar-refractivity contribution >= 4 is 28.9 Å². The first kappa shape index (κ1) is 20.4. The number of halogens is 1. The number of aliphatic imine (C=N–C) groups is 1. The Morgan fingerprint density at radius 2 is 2.04 bits per heavy atom. The Kier molecular flexibility index (Phi) is 7.06. The van der Waals surface area contributed by atoms with Crippen molar-refractivity contribution in [1.82, 2.24) is 25.4 Å². The Bertz CT molecular complexity index is 886. The first-order valence-electron chi connectivity index (χ1n) is 9.20. The molecular weight excluding hydrogens is 392 g/mol. The van der Waals surface area contributed by atoms with Gasteiger partial charge in [0.2, 0.25) is 0 Å². The summed E-state index contributed by atoms with van der Waals surface area (Å²) in [4.78, 5) is 8.98. The summed E-state index contributed by atoms with van der Waals surface area (Å²) >= 11 is 7.71. The minimum absolute atomic E-state index is 0.0261. The van der Waals surface area contributed by atoms with Crippen molar-refractivity contribution in [2.75, 3.05) is 13.6 Å². The van der Waals surface area contributed by atoms with Crippen LogP contribution in [0.2, 0.25) is 5.02 Å². The van der Waals surface area contributed by atoms with Crippen molar-refractivity contribution in [2.24, 2.45) is 4.99 Å². The van der Waals surface area contributed by atoms with Gasteiger partial charge >= 0.3 is 0 Å². The van der Waals surface area contributed by atoms with Gasteiger partial charge in [-0.15, -0.1) is 11.3 Å². The molecule has 0 aliphatic rings. The van der Waals surface area contributed by atoms with E-state index in [1.54, 1.807) is 24.6 Å². The molecule has 0 saturated carbocycles. The Balaban J connectivity index is 1.63. The van der Waals surface area contributed by atoms with Crippen molar-refractivity contribution < 1.29 is 0 Å². The summed E-state index contributed by atoms with van der Waals surface area (Å²) in [5.74, 6) is 1.17. The van der Waals surface area contributed by atoms with E-state index in [1.807, 2.05) is 41.2 Å². The average Bonchev–Trinajstić information content (AvgIpc) is 3.38. The monoisotopic (exact) mass is 416 g/mol. The molecule has 2 aromatic heterocycles. The summed E-state index contributed by atoms with van der Waals surface area (Å²) in [6.45, 7) is 5.58. The molecule has 148 valence electrons. The average molecular weight is 417 g/mol. The van der Waals surface area contributed by atoms with Gasteiger partial charge in [-0.3, -0.25) is 9.67 Å². The predicted molar refractivity (Wildman–Crippen MR) is 116 cm³/mol. The lowest BCUT2D eigenvalue weighted by atomic mass is 10.1. The molecule has 3 aromatic rings. The van der Waals surface area contributed by atoms with Gasteiger partial charge in [0.15, 0.2) is 5.96 Å². The smallest absolute Gasteiger partial charge is 0.191 e. The minimum atomic E-state index is 0.0261. The van der Waals surface area contributed by atoms with Gasteiger partial charge in [0.05, 0.1) is 18.3 Å². The topological polar surface area (TPSA) is 67.1 Å². The molecule has 0 spiro atoms. The Morgan fingerprint density at radius 1 is 1.25 bits per heavy atom. The van der Waals surface area contributed by atoms with Crippen LogP contribution in [0.15, 0.2) is 53.1 Å². The molecule has 2 heterocycles. The van der Waals surface area contributed by atoms with Crippen LogP contribution in [0.1, 0.15) is 42.1 Å². The quantitative estimate of drug-likeness (QED) is 0.450. The Labute approximate surface area is 174 Å². The standard InChI is InChI=1S/C20H25ClN6S/c1-14(2)17-13-28-19(26-17)12-24-20(22-3)23-11-18(27-10-4-9-25-27)15-5-7-16(21)8-6-15/h4-10,13-14,18H,11-12H2,1-3H3,(H2,22,23,24). The summed E-state index contributed by atoms with van der Waals surface area (Å²) in [7, 11) is 1.77. The van der Waals surface area contributed by atoms with Crippen molar-refractivity contribution in [3.05, 3.63) is 69.4 Å². The van der Waals surface area contributed by atoms with E-state index in [9.17, 15) is 0 Å². The van der Waals surface area contributed by atoms with Crippen LogP contribution in [-0.4, -0.2) is 34.3 Å². The fourth-order valence-corrected chi connectivity index (χ4v) is 3.78. The van der Waals surface area contributed by atoms with E-state index in [0.29, 0.717) is 19.0 Å². The van der Waals surface area contributed by atoms with E-state index in [0.717, 1.165) is 27.2 Å². The molecule has 1 atom stereocenters. The zero-order valence-corrected chi connectivity index (χ0v) is 17.8. The van der Waals surface area contributed by atoms with Crippen LogP contribution in [-0.2, 0) is 6.54 Å². The van der Waals surface area contributed by atoms with Gasteiger partial charge in [0, 0.05) is 36.4 Å². The van der Waals surface area contributed by atoms with Crippen LogP contribution in [0.25, 0.3) is 0 Å². The summed E-state index contributed by atoms with van der Waals surface area (Å²) in [6, 6.07) is 9.79. The van der Waals surface area contributed by atoms with Crippen LogP contribution in [0.4, 0.5) is 0 Å². The number of benzene rings is 1. The second-order valence-electron chi connectivity index (χ2n) is 6.68. The molecule has 3 rings (SSSR count). The molecule has 0 aliphatic carbocycles. The number of nitrogens with zero attached hydrogens (tertiary/aromatic N) is 4. The zero-order valence-electron chi connectivity index (χ0n) is 16.3. The first-order valence-corrected chi connectivity index (χ1v) is 10.5. The molecule has 0 amide bonds. The van der Waals surface area contributed by atoms with Crippen molar-refractivity contribution in [1.29, 1.82) is 0 Å². The number of hydrogen-bond acceptors (Lipinski definition) is 4. The van der Waals surface area contributed by atoms with E-state index in [1.165, 1.54) is 0 Å². The lowest BCUT2D eigenvalue weighted by Gasteiger charge is -2.20.